The molecule has 1 aromatic heterocycles. The number of nitrogens with zero attached hydrogens (tertiary/aromatic N) is 3. The van der Waals surface area contributed by atoms with Crippen molar-refractivity contribution in [3.63, 3.8) is 0 Å². The highest BCUT2D eigenvalue weighted by atomic mass is 16.3. The molecule has 4 amide bonds. The molecule has 0 bridgehead atoms. The molecule has 170 valence electrons. The third kappa shape index (κ3) is 4.26. The molecule has 2 saturated heterocycles. The summed E-state index contributed by atoms with van der Waals surface area (Å²) in [5, 5.41) is 4.73. The molecule has 32 heavy (non-hydrogen) atoms. The fourth-order valence-electron chi connectivity index (χ4n) is 4.41. The summed E-state index contributed by atoms with van der Waals surface area (Å²) in [5.41, 5.74) is 5.41. The van der Waals surface area contributed by atoms with Crippen molar-refractivity contribution in [1.82, 2.24) is 25.6 Å². The normalized spacial score (nSPS) is 23.5. The number of carbonyl (C=O) groups is 3. The fraction of sp³-hybridized carbons (Fsp3) is 0.435. The van der Waals surface area contributed by atoms with E-state index in [2.05, 4.69) is 10.7 Å². The largest absolute Gasteiger partial charge is 0.467 e. The van der Waals surface area contributed by atoms with Gasteiger partial charge in [0.1, 0.15) is 18.3 Å². The Hall–Kier alpha value is -3.17. The molecule has 2 fully saturated rings. The van der Waals surface area contributed by atoms with Gasteiger partial charge >= 0.3 is 6.03 Å². The molecule has 2 aliphatic heterocycles. The Bertz CT molecular complexity index is 975. The van der Waals surface area contributed by atoms with Crippen molar-refractivity contribution < 1.29 is 18.8 Å². The summed E-state index contributed by atoms with van der Waals surface area (Å²) in [6, 6.07) is 9.69. The lowest BCUT2D eigenvalue weighted by atomic mass is 9.97. The van der Waals surface area contributed by atoms with Gasteiger partial charge in [0.2, 0.25) is 5.91 Å². The molecule has 0 spiro atoms. The van der Waals surface area contributed by atoms with E-state index in [4.69, 9.17) is 4.42 Å². The van der Waals surface area contributed by atoms with Crippen molar-refractivity contribution in [3.05, 3.63) is 59.5 Å². The van der Waals surface area contributed by atoms with Crippen LogP contribution in [0.4, 0.5) is 4.79 Å². The molecule has 4 rings (SSSR count). The van der Waals surface area contributed by atoms with Gasteiger partial charge in [0, 0.05) is 19.1 Å². The fourth-order valence-corrected chi connectivity index (χ4v) is 4.41. The van der Waals surface area contributed by atoms with E-state index in [1.165, 1.54) is 16.1 Å². The van der Waals surface area contributed by atoms with Crippen LogP contribution in [0.3, 0.4) is 0 Å². The SMILES string of the molecule is CCN1NC(C)C2C1C(=O)N(Cc1ccco1)C(=O)N2CC(=O)NCc1ccc(C)cc1. The third-order valence-electron chi connectivity index (χ3n) is 6.06. The van der Waals surface area contributed by atoms with Crippen LogP contribution >= 0.6 is 0 Å². The van der Waals surface area contributed by atoms with Crippen molar-refractivity contribution in [1.29, 1.82) is 0 Å². The molecular weight excluding hydrogens is 410 g/mol. The molecule has 9 nitrogen and oxygen atoms in total. The zero-order valence-electron chi connectivity index (χ0n) is 18.6. The van der Waals surface area contributed by atoms with Gasteiger partial charge in [-0.25, -0.2) is 15.2 Å². The number of hydrazine groups is 1. The highest BCUT2D eigenvalue weighted by molar-refractivity contribution is 6.01. The van der Waals surface area contributed by atoms with E-state index < -0.39 is 18.1 Å². The molecular formula is C23H29N5O4. The number of fused-ring (bicyclic) bond motifs is 1. The Morgan fingerprint density at radius 2 is 1.94 bits per heavy atom. The van der Waals surface area contributed by atoms with Gasteiger partial charge in [-0.3, -0.25) is 14.5 Å². The van der Waals surface area contributed by atoms with Gasteiger partial charge in [0.15, 0.2) is 0 Å². The second kappa shape index (κ2) is 9.13. The Balaban J connectivity index is 1.52. The van der Waals surface area contributed by atoms with E-state index in [-0.39, 0.29) is 30.9 Å². The highest BCUT2D eigenvalue weighted by Gasteiger charge is 2.55. The summed E-state index contributed by atoms with van der Waals surface area (Å²) < 4.78 is 5.36. The lowest BCUT2D eigenvalue weighted by molar-refractivity contribution is -0.141. The van der Waals surface area contributed by atoms with Crippen molar-refractivity contribution in [2.24, 2.45) is 0 Å². The molecule has 9 heteroatoms. The lowest BCUT2D eigenvalue weighted by Gasteiger charge is -2.43. The third-order valence-corrected chi connectivity index (χ3v) is 6.06. The van der Waals surface area contributed by atoms with Crippen molar-refractivity contribution in [2.45, 2.75) is 52.0 Å². The molecule has 2 aliphatic rings. The van der Waals surface area contributed by atoms with E-state index in [1.54, 1.807) is 12.1 Å². The van der Waals surface area contributed by atoms with Gasteiger partial charge in [0.05, 0.1) is 18.8 Å². The maximum absolute atomic E-state index is 13.4. The molecule has 2 N–H and O–H groups in total. The van der Waals surface area contributed by atoms with E-state index in [0.29, 0.717) is 18.8 Å². The number of rotatable bonds is 7. The minimum atomic E-state index is -0.562. The smallest absolute Gasteiger partial charge is 0.328 e. The summed E-state index contributed by atoms with van der Waals surface area (Å²) in [7, 11) is 0. The maximum atomic E-state index is 13.4. The lowest BCUT2D eigenvalue weighted by Crippen LogP contribution is -2.67. The number of urea groups is 1. The predicted octanol–water partition coefficient (Wildman–Crippen LogP) is 1.63. The Labute approximate surface area is 187 Å². The number of benzene rings is 1. The molecule has 1 aromatic carbocycles. The molecule has 3 unspecified atom stereocenters. The van der Waals surface area contributed by atoms with Gasteiger partial charge < -0.3 is 14.6 Å². The molecule has 3 atom stereocenters. The number of hydrogen-bond donors (Lipinski definition) is 2. The van der Waals surface area contributed by atoms with Gasteiger partial charge in [-0.05, 0) is 31.5 Å². The van der Waals surface area contributed by atoms with Crippen LogP contribution in [0.2, 0.25) is 0 Å². The quantitative estimate of drug-likeness (QED) is 0.681. The van der Waals surface area contributed by atoms with Gasteiger partial charge in [-0.1, -0.05) is 36.8 Å². The number of nitrogens with one attached hydrogen (secondary N) is 2. The second-order valence-electron chi connectivity index (χ2n) is 8.32. The summed E-state index contributed by atoms with van der Waals surface area (Å²) in [6.07, 6.45) is 1.50. The van der Waals surface area contributed by atoms with E-state index in [9.17, 15) is 14.4 Å². The van der Waals surface area contributed by atoms with Crippen LogP contribution in [0.15, 0.2) is 47.1 Å². The van der Waals surface area contributed by atoms with Crippen LogP contribution in [0.5, 0.6) is 0 Å². The molecule has 3 heterocycles. The Morgan fingerprint density at radius 3 is 2.59 bits per heavy atom. The van der Waals surface area contributed by atoms with E-state index >= 15 is 0 Å². The number of amides is 4. The number of aryl methyl sites for hydroxylation is 1. The van der Waals surface area contributed by atoms with Crippen LogP contribution < -0.4 is 10.7 Å². The van der Waals surface area contributed by atoms with Crippen LogP contribution in [-0.2, 0) is 22.7 Å². The first-order valence-electron chi connectivity index (χ1n) is 10.9. The van der Waals surface area contributed by atoms with Crippen molar-refractivity contribution >= 4 is 17.8 Å². The monoisotopic (exact) mass is 439 g/mol. The van der Waals surface area contributed by atoms with Crippen LogP contribution in [0, 0.1) is 6.92 Å². The first kappa shape index (κ1) is 22.0. The minimum absolute atomic E-state index is 0.0291. The summed E-state index contributed by atoms with van der Waals surface area (Å²) in [4.78, 5) is 42.1. The standard InChI is InChI=1S/C23H29N5O4/c1-4-28-21-20(16(3)25-28)26(14-19(29)24-12-17-9-7-15(2)8-10-17)23(31)27(22(21)30)13-18-6-5-11-32-18/h5-11,16,20-21,25H,4,12-14H2,1-3H3,(H,24,29). The second-order valence-corrected chi connectivity index (χ2v) is 8.32. The van der Waals surface area contributed by atoms with Crippen LogP contribution in [0.25, 0.3) is 0 Å². The first-order chi connectivity index (χ1) is 15.4. The van der Waals surface area contributed by atoms with E-state index in [0.717, 1.165) is 11.1 Å². The van der Waals surface area contributed by atoms with Crippen LogP contribution in [0.1, 0.15) is 30.7 Å². The first-order valence-corrected chi connectivity index (χ1v) is 10.9. The average molecular weight is 440 g/mol. The number of imide groups is 1. The zero-order valence-corrected chi connectivity index (χ0v) is 18.6. The Morgan fingerprint density at radius 1 is 1.19 bits per heavy atom. The molecule has 0 saturated carbocycles. The van der Waals surface area contributed by atoms with Crippen LogP contribution in [-0.4, -0.2) is 63.9 Å². The number of hydrogen-bond acceptors (Lipinski definition) is 6. The predicted molar refractivity (Wildman–Crippen MR) is 117 cm³/mol. The zero-order chi connectivity index (χ0) is 22.8. The molecule has 2 aromatic rings. The van der Waals surface area contributed by atoms with Crippen molar-refractivity contribution in [3.8, 4) is 0 Å². The molecule has 0 radical (unpaired) electrons. The molecule has 0 aliphatic carbocycles. The average Bonchev–Trinajstić information content (AvgIpc) is 3.41. The van der Waals surface area contributed by atoms with E-state index in [1.807, 2.05) is 50.0 Å². The van der Waals surface area contributed by atoms with Gasteiger partial charge in [-0.2, -0.15) is 0 Å². The van der Waals surface area contributed by atoms with Crippen molar-refractivity contribution in [2.75, 3.05) is 13.1 Å². The number of furan rings is 1. The highest BCUT2D eigenvalue weighted by Crippen LogP contribution is 2.29. The summed E-state index contributed by atoms with van der Waals surface area (Å²) in [5.74, 6) is -0.0467. The minimum Gasteiger partial charge on any atom is -0.467 e. The van der Waals surface area contributed by atoms with Gasteiger partial charge in [0.25, 0.3) is 5.91 Å². The maximum Gasteiger partial charge on any atom is 0.328 e. The number of carbonyl (C=O) groups excluding carboxylic acids is 3. The summed E-state index contributed by atoms with van der Waals surface area (Å²) >= 11 is 0. The number of likely N-dealkylation sites (N-methyl/N-ethyl adjacent to an activating group) is 1. The topological polar surface area (TPSA) is 98.1 Å². The summed E-state index contributed by atoms with van der Waals surface area (Å²) in [6.45, 7) is 6.74. The van der Waals surface area contributed by atoms with Gasteiger partial charge in [-0.15, -0.1) is 0 Å². The Kier molecular flexibility index (Phi) is 6.29.